The molecule has 8 nitrogen and oxygen atoms in total. The molecule has 0 saturated carbocycles. The predicted octanol–water partition coefficient (Wildman–Crippen LogP) is 2.03. The maximum atomic E-state index is 13.0. The number of hydrogen-bond acceptors (Lipinski definition) is 6. The van der Waals surface area contributed by atoms with E-state index in [1.54, 1.807) is 12.1 Å². The van der Waals surface area contributed by atoms with Gasteiger partial charge in [-0.1, -0.05) is 30.3 Å². The predicted molar refractivity (Wildman–Crippen MR) is 131 cm³/mol. The topological polar surface area (TPSA) is 91.0 Å². The first-order valence-electron chi connectivity index (χ1n) is 12.5. The van der Waals surface area contributed by atoms with Crippen LogP contribution in [0, 0.1) is 0 Å². The van der Waals surface area contributed by atoms with E-state index in [2.05, 4.69) is 27.7 Å². The standard InChI is InChI=1S/C27H31FN4O4/c28-11-13-31-12-10-22(29-15-18-4-2-1-3-5-18)24(17-31)36-20-6-7-21-19(14-20)16-32(27(21)35)23-8-9-25(33)30-26(23)34/h1-7,14,22-24,29H,8-13,15-17H2,(H,30,33,34). The van der Waals surface area contributed by atoms with E-state index in [1.165, 1.54) is 10.5 Å². The van der Waals surface area contributed by atoms with Crippen LogP contribution in [0.1, 0.15) is 40.7 Å². The zero-order valence-corrected chi connectivity index (χ0v) is 20.1. The molecule has 2 aromatic rings. The second-order valence-electron chi connectivity index (χ2n) is 9.63. The molecule has 36 heavy (non-hydrogen) atoms. The van der Waals surface area contributed by atoms with Crippen LogP contribution in [-0.4, -0.2) is 72.0 Å². The van der Waals surface area contributed by atoms with E-state index < -0.39 is 18.6 Å². The number of hydrogen-bond donors (Lipinski definition) is 2. The highest BCUT2D eigenvalue weighted by molar-refractivity contribution is 6.05. The molecule has 190 valence electrons. The number of piperidine rings is 2. The average molecular weight is 495 g/mol. The van der Waals surface area contributed by atoms with Crippen molar-refractivity contribution in [1.82, 2.24) is 20.4 Å². The van der Waals surface area contributed by atoms with E-state index in [9.17, 15) is 18.8 Å². The number of halogens is 1. The van der Waals surface area contributed by atoms with Gasteiger partial charge in [0.1, 0.15) is 24.6 Å². The Labute approximate surface area is 209 Å². The summed E-state index contributed by atoms with van der Waals surface area (Å²) in [4.78, 5) is 40.4. The van der Waals surface area contributed by atoms with Gasteiger partial charge in [-0.3, -0.25) is 24.6 Å². The minimum Gasteiger partial charge on any atom is -0.487 e. The summed E-state index contributed by atoms with van der Waals surface area (Å²) in [7, 11) is 0. The smallest absolute Gasteiger partial charge is 0.255 e. The van der Waals surface area contributed by atoms with Crippen LogP contribution >= 0.6 is 0 Å². The highest BCUT2D eigenvalue weighted by Gasteiger charge is 2.39. The molecule has 0 radical (unpaired) electrons. The van der Waals surface area contributed by atoms with Crippen molar-refractivity contribution in [3.8, 4) is 5.75 Å². The molecule has 3 aliphatic rings. The summed E-state index contributed by atoms with van der Waals surface area (Å²) in [6.45, 7) is 2.40. The van der Waals surface area contributed by atoms with E-state index in [4.69, 9.17) is 4.74 Å². The summed E-state index contributed by atoms with van der Waals surface area (Å²) >= 11 is 0. The van der Waals surface area contributed by atoms with E-state index >= 15 is 0 Å². The lowest BCUT2D eigenvalue weighted by Gasteiger charge is -2.38. The summed E-state index contributed by atoms with van der Waals surface area (Å²) in [5.74, 6) is -0.294. The number of ether oxygens (including phenoxy) is 1. The first-order chi connectivity index (χ1) is 17.5. The summed E-state index contributed by atoms with van der Waals surface area (Å²) in [5, 5.41) is 5.94. The Morgan fingerprint density at radius 3 is 2.69 bits per heavy atom. The summed E-state index contributed by atoms with van der Waals surface area (Å²) in [5.41, 5.74) is 2.54. The van der Waals surface area contributed by atoms with Gasteiger partial charge in [0.05, 0.1) is 0 Å². The molecule has 3 atom stereocenters. The Morgan fingerprint density at radius 2 is 1.92 bits per heavy atom. The number of carbonyl (C=O) groups excluding carboxylic acids is 3. The quantitative estimate of drug-likeness (QED) is 0.546. The zero-order valence-electron chi connectivity index (χ0n) is 20.1. The van der Waals surface area contributed by atoms with E-state index in [0.29, 0.717) is 43.9 Å². The first kappa shape index (κ1) is 24.4. The third kappa shape index (κ3) is 5.27. The normalized spacial score (nSPS) is 24.5. The number of alkyl halides is 1. The Hall–Kier alpha value is -3.30. The molecule has 3 aliphatic heterocycles. The maximum absolute atomic E-state index is 13.0. The maximum Gasteiger partial charge on any atom is 0.255 e. The Morgan fingerprint density at radius 1 is 1.08 bits per heavy atom. The highest BCUT2D eigenvalue weighted by Crippen LogP contribution is 2.31. The average Bonchev–Trinajstić information content (AvgIpc) is 3.20. The Balaban J connectivity index is 1.28. The monoisotopic (exact) mass is 494 g/mol. The van der Waals surface area contributed by atoms with Crippen LogP contribution in [0.5, 0.6) is 5.75 Å². The molecule has 0 bridgehead atoms. The second-order valence-corrected chi connectivity index (χ2v) is 9.63. The second kappa shape index (κ2) is 10.8. The number of amides is 3. The van der Waals surface area contributed by atoms with E-state index in [1.807, 2.05) is 24.3 Å². The van der Waals surface area contributed by atoms with Crippen molar-refractivity contribution in [3.05, 3.63) is 65.2 Å². The molecule has 9 heteroatoms. The molecule has 2 N–H and O–H groups in total. The minimum absolute atomic E-state index is 0.0934. The molecule has 3 amide bonds. The molecule has 0 aromatic heterocycles. The van der Waals surface area contributed by atoms with Gasteiger partial charge in [-0.05, 0) is 42.2 Å². The van der Waals surface area contributed by atoms with Crippen LogP contribution < -0.4 is 15.4 Å². The number of benzene rings is 2. The lowest BCUT2D eigenvalue weighted by atomic mass is 10.0. The molecule has 2 saturated heterocycles. The van der Waals surface area contributed by atoms with Crippen molar-refractivity contribution in [2.24, 2.45) is 0 Å². The lowest BCUT2D eigenvalue weighted by molar-refractivity contribution is -0.136. The number of fused-ring (bicyclic) bond motifs is 1. The van der Waals surface area contributed by atoms with Crippen molar-refractivity contribution in [2.45, 2.75) is 50.5 Å². The lowest BCUT2D eigenvalue weighted by Crippen LogP contribution is -2.55. The fraction of sp³-hybridized carbons (Fsp3) is 0.444. The summed E-state index contributed by atoms with van der Waals surface area (Å²) in [6.07, 6.45) is 1.20. The van der Waals surface area contributed by atoms with Gasteiger partial charge in [-0.25, -0.2) is 4.39 Å². The summed E-state index contributed by atoms with van der Waals surface area (Å²) < 4.78 is 19.5. The van der Waals surface area contributed by atoms with Gasteiger partial charge in [0.25, 0.3) is 5.91 Å². The molecule has 2 fully saturated rings. The van der Waals surface area contributed by atoms with Crippen molar-refractivity contribution in [1.29, 1.82) is 0 Å². The number of nitrogens with one attached hydrogen (secondary N) is 2. The number of carbonyl (C=O) groups is 3. The molecular weight excluding hydrogens is 463 g/mol. The zero-order chi connectivity index (χ0) is 25.1. The van der Waals surface area contributed by atoms with Crippen LogP contribution in [0.25, 0.3) is 0 Å². The SMILES string of the molecule is O=C1CCC(N2Cc3cc(OC4CN(CCF)CCC4NCc4ccccc4)ccc3C2=O)C(=O)N1. The first-order valence-corrected chi connectivity index (χ1v) is 12.5. The van der Waals surface area contributed by atoms with Gasteiger partial charge in [0, 0.05) is 50.7 Å². The molecule has 5 rings (SSSR count). The third-order valence-corrected chi connectivity index (χ3v) is 7.24. The highest BCUT2D eigenvalue weighted by atomic mass is 19.1. The molecule has 3 heterocycles. The third-order valence-electron chi connectivity index (χ3n) is 7.24. The van der Waals surface area contributed by atoms with Crippen LogP contribution in [-0.2, 0) is 22.7 Å². The molecule has 3 unspecified atom stereocenters. The fourth-order valence-corrected chi connectivity index (χ4v) is 5.30. The molecule has 2 aromatic carbocycles. The van der Waals surface area contributed by atoms with E-state index in [-0.39, 0.29) is 30.4 Å². The van der Waals surface area contributed by atoms with Gasteiger partial charge in [0.2, 0.25) is 11.8 Å². The number of rotatable bonds is 8. The van der Waals surface area contributed by atoms with E-state index in [0.717, 1.165) is 18.5 Å². The summed E-state index contributed by atoms with van der Waals surface area (Å²) in [6, 6.07) is 15.0. The number of nitrogens with zero attached hydrogens (tertiary/aromatic N) is 2. The van der Waals surface area contributed by atoms with Gasteiger partial charge < -0.3 is 15.0 Å². The molecule has 0 spiro atoms. The van der Waals surface area contributed by atoms with Crippen molar-refractivity contribution < 1.29 is 23.5 Å². The van der Waals surface area contributed by atoms with Crippen molar-refractivity contribution in [2.75, 3.05) is 26.3 Å². The largest absolute Gasteiger partial charge is 0.487 e. The Kier molecular flexibility index (Phi) is 7.29. The minimum atomic E-state index is -0.647. The number of imide groups is 1. The van der Waals surface area contributed by atoms with Crippen LogP contribution in [0.4, 0.5) is 4.39 Å². The van der Waals surface area contributed by atoms with Gasteiger partial charge in [-0.2, -0.15) is 0 Å². The van der Waals surface area contributed by atoms with Crippen LogP contribution in [0.3, 0.4) is 0 Å². The molecule has 0 aliphatic carbocycles. The van der Waals surface area contributed by atoms with Crippen molar-refractivity contribution >= 4 is 17.7 Å². The van der Waals surface area contributed by atoms with Crippen LogP contribution in [0.15, 0.2) is 48.5 Å². The Bertz CT molecular complexity index is 1130. The van der Waals surface area contributed by atoms with Gasteiger partial charge in [-0.15, -0.1) is 0 Å². The fourth-order valence-electron chi connectivity index (χ4n) is 5.30. The van der Waals surface area contributed by atoms with Crippen LogP contribution in [0.2, 0.25) is 0 Å². The van der Waals surface area contributed by atoms with Gasteiger partial charge in [0.15, 0.2) is 0 Å². The number of likely N-dealkylation sites (tertiary alicyclic amines) is 1. The van der Waals surface area contributed by atoms with Crippen molar-refractivity contribution in [3.63, 3.8) is 0 Å². The van der Waals surface area contributed by atoms with Gasteiger partial charge >= 0.3 is 0 Å². The molecular formula is C27H31FN4O4.